The second kappa shape index (κ2) is 8.30. The second-order valence-corrected chi connectivity index (χ2v) is 8.80. The van der Waals surface area contributed by atoms with E-state index >= 15 is 0 Å². The Morgan fingerprint density at radius 3 is 2.50 bits per heavy atom. The summed E-state index contributed by atoms with van der Waals surface area (Å²) in [6.45, 7) is 8.20. The number of aromatic nitrogens is 1. The first-order chi connectivity index (χ1) is 16.3. The lowest BCUT2D eigenvalue weighted by atomic mass is 10.1. The quantitative estimate of drug-likeness (QED) is 0.344. The third-order valence-corrected chi connectivity index (χ3v) is 6.56. The van der Waals surface area contributed by atoms with Crippen molar-refractivity contribution in [3.63, 3.8) is 0 Å². The Labute approximate surface area is 198 Å². The Kier molecular flexibility index (Phi) is 5.28. The molecular formula is C28H26N4O2. The number of hydrogen-bond donors (Lipinski definition) is 1. The van der Waals surface area contributed by atoms with E-state index < -0.39 is 0 Å². The van der Waals surface area contributed by atoms with Crippen LogP contribution >= 0.6 is 0 Å². The Morgan fingerprint density at radius 1 is 0.971 bits per heavy atom. The molecular weight excluding hydrogens is 424 g/mol. The molecule has 0 unspecified atom stereocenters. The van der Waals surface area contributed by atoms with Gasteiger partial charge < -0.3 is 4.57 Å². The van der Waals surface area contributed by atoms with Gasteiger partial charge in [0, 0.05) is 33.6 Å². The molecule has 6 heteroatoms. The number of nitrogens with zero attached hydrogens (tertiary/aromatic N) is 3. The van der Waals surface area contributed by atoms with Gasteiger partial charge in [-0.1, -0.05) is 30.3 Å². The summed E-state index contributed by atoms with van der Waals surface area (Å²) in [4.78, 5) is 27.0. The van der Waals surface area contributed by atoms with E-state index in [2.05, 4.69) is 54.1 Å². The van der Waals surface area contributed by atoms with Crippen LogP contribution in [0.1, 0.15) is 38.4 Å². The summed E-state index contributed by atoms with van der Waals surface area (Å²) in [7, 11) is 0. The third kappa shape index (κ3) is 3.57. The number of hydrogen-bond acceptors (Lipinski definition) is 3. The van der Waals surface area contributed by atoms with Crippen molar-refractivity contribution >= 4 is 34.5 Å². The molecule has 0 fully saturated rings. The molecule has 0 radical (unpaired) electrons. The molecule has 0 bridgehead atoms. The van der Waals surface area contributed by atoms with Gasteiger partial charge in [-0.3, -0.25) is 14.5 Å². The van der Waals surface area contributed by atoms with Gasteiger partial charge in [0.05, 0.1) is 11.9 Å². The molecule has 2 heterocycles. The standard InChI is InChI=1S/C28H26N4O2/c1-17-11-12-23(13-18(17)2)32-19(3)14-22(20(32)4)15-29-30-26(33)16-31-25-10-6-8-21-7-5-9-24(27(21)25)28(31)34/h5-15H,16H2,1-4H3,(H,30,33)/b29-15-. The SMILES string of the molecule is Cc1ccc(-n2c(C)cc(/C=N\NC(=O)CN3C(=O)c4cccc5cccc3c45)c2C)cc1C. The highest BCUT2D eigenvalue weighted by Gasteiger charge is 2.30. The number of carbonyl (C=O) groups excluding carboxylic acids is 2. The maximum Gasteiger partial charge on any atom is 0.260 e. The first kappa shape index (κ1) is 21.6. The van der Waals surface area contributed by atoms with Gasteiger partial charge in [-0.05, 0) is 74.5 Å². The van der Waals surface area contributed by atoms with E-state index in [4.69, 9.17) is 0 Å². The van der Waals surface area contributed by atoms with Crippen LogP contribution in [0.15, 0.2) is 65.8 Å². The summed E-state index contributed by atoms with van der Waals surface area (Å²) < 4.78 is 2.18. The highest BCUT2D eigenvalue weighted by Crippen LogP contribution is 2.36. The summed E-state index contributed by atoms with van der Waals surface area (Å²) in [5.74, 6) is -0.514. The lowest BCUT2D eigenvalue weighted by Crippen LogP contribution is -2.37. The smallest absolute Gasteiger partial charge is 0.260 e. The first-order valence-electron chi connectivity index (χ1n) is 11.3. The summed E-state index contributed by atoms with van der Waals surface area (Å²) in [6, 6.07) is 19.8. The minimum Gasteiger partial charge on any atom is -0.318 e. The van der Waals surface area contributed by atoms with Gasteiger partial charge in [-0.2, -0.15) is 5.10 Å². The minimum atomic E-state index is -0.350. The fourth-order valence-electron chi connectivity index (χ4n) is 4.67. The zero-order chi connectivity index (χ0) is 24.0. The Balaban J connectivity index is 1.31. The molecule has 0 saturated heterocycles. The number of nitrogens with one attached hydrogen (secondary N) is 1. The van der Waals surface area contributed by atoms with Crippen LogP contribution < -0.4 is 10.3 Å². The third-order valence-electron chi connectivity index (χ3n) is 6.56. The zero-order valence-electron chi connectivity index (χ0n) is 19.7. The zero-order valence-corrected chi connectivity index (χ0v) is 19.7. The van der Waals surface area contributed by atoms with Crippen LogP contribution in [-0.4, -0.2) is 29.1 Å². The van der Waals surface area contributed by atoms with Crippen molar-refractivity contribution in [1.29, 1.82) is 0 Å². The monoisotopic (exact) mass is 450 g/mol. The molecule has 0 atom stereocenters. The molecule has 0 spiro atoms. The van der Waals surface area contributed by atoms with E-state index in [1.54, 1.807) is 12.3 Å². The van der Waals surface area contributed by atoms with Crippen molar-refractivity contribution in [2.24, 2.45) is 5.10 Å². The lowest BCUT2D eigenvalue weighted by molar-refractivity contribution is -0.119. The highest BCUT2D eigenvalue weighted by molar-refractivity contribution is 6.26. The van der Waals surface area contributed by atoms with E-state index in [1.807, 2.05) is 43.3 Å². The van der Waals surface area contributed by atoms with Crippen molar-refractivity contribution in [2.45, 2.75) is 27.7 Å². The van der Waals surface area contributed by atoms with Crippen LogP contribution in [0.3, 0.4) is 0 Å². The van der Waals surface area contributed by atoms with Crippen molar-refractivity contribution in [3.8, 4) is 5.69 Å². The van der Waals surface area contributed by atoms with Crippen molar-refractivity contribution in [1.82, 2.24) is 9.99 Å². The van der Waals surface area contributed by atoms with Gasteiger partial charge in [-0.25, -0.2) is 5.43 Å². The molecule has 0 saturated carbocycles. The molecule has 1 aliphatic heterocycles. The van der Waals surface area contributed by atoms with Gasteiger partial charge in [0.25, 0.3) is 11.8 Å². The summed E-state index contributed by atoms with van der Waals surface area (Å²) >= 11 is 0. The van der Waals surface area contributed by atoms with E-state index in [0.717, 1.165) is 39.1 Å². The predicted octanol–water partition coefficient (Wildman–Crippen LogP) is 4.97. The molecule has 1 aromatic heterocycles. The Hall–Kier alpha value is -4.19. The molecule has 0 aliphatic carbocycles. The molecule has 5 rings (SSSR count). The normalized spacial score (nSPS) is 12.8. The largest absolute Gasteiger partial charge is 0.318 e. The first-order valence-corrected chi connectivity index (χ1v) is 11.3. The Bertz CT molecular complexity index is 1490. The van der Waals surface area contributed by atoms with Gasteiger partial charge in [0.2, 0.25) is 0 Å². The molecule has 34 heavy (non-hydrogen) atoms. The highest BCUT2D eigenvalue weighted by atomic mass is 16.2. The number of carbonyl (C=O) groups is 2. The molecule has 2 amide bonds. The van der Waals surface area contributed by atoms with Crippen LogP contribution in [-0.2, 0) is 4.79 Å². The maximum absolute atomic E-state index is 12.9. The van der Waals surface area contributed by atoms with Crippen LogP contribution in [0.25, 0.3) is 16.5 Å². The van der Waals surface area contributed by atoms with Gasteiger partial charge in [0.1, 0.15) is 6.54 Å². The van der Waals surface area contributed by atoms with Gasteiger partial charge in [-0.15, -0.1) is 0 Å². The van der Waals surface area contributed by atoms with Crippen LogP contribution in [0.2, 0.25) is 0 Å². The minimum absolute atomic E-state index is 0.0916. The van der Waals surface area contributed by atoms with Crippen LogP contribution in [0.5, 0.6) is 0 Å². The van der Waals surface area contributed by atoms with Crippen LogP contribution in [0.4, 0.5) is 5.69 Å². The molecule has 170 valence electrons. The summed E-state index contributed by atoms with van der Waals surface area (Å²) in [5.41, 5.74) is 10.6. The molecule has 4 aromatic rings. The van der Waals surface area contributed by atoms with Crippen molar-refractivity contribution < 1.29 is 9.59 Å². The average Bonchev–Trinajstić information content (AvgIpc) is 3.25. The van der Waals surface area contributed by atoms with Gasteiger partial charge in [0.15, 0.2) is 0 Å². The van der Waals surface area contributed by atoms with E-state index in [1.165, 1.54) is 16.0 Å². The Morgan fingerprint density at radius 2 is 1.74 bits per heavy atom. The van der Waals surface area contributed by atoms with Gasteiger partial charge >= 0.3 is 0 Å². The fourth-order valence-corrected chi connectivity index (χ4v) is 4.67. The molecule has 1 N–H and O–H groups in total. The number of benzene rings is 3. The number of rotatable bonds is 5. The lowest BCUT2D eigenvalue weighted by Gasteiger charge is -2.16. The summed E-state index contributed by atoms with van der Waals surface area (Å²) in [6.07, 6.45) is 1.65. The molecule has 1 aliphatic rings. The molecule has 6 nitrogen and oxygen atoms in total. The summed E-state index contributed by atoms with van der Waals surface area (Å²) in [5, 5.41) is 6.05. The predicted molar refractivity (Wildman–Crippen MR) is 136 cm³/mol. The number of amides is 2. The van der Waals surface area contributed by atoms with Crippen molar-refractivity contribution in [2.75, 3.05) is 11.4 Å². The maximum atomic E-state index is 12.9. The number of aryl methyl sites for hydroxylation is 3. The van der Waals surface area contributed by atoms with Crippen LogP contribution in [0, 0.1) is 27.7 Å². The second-order valence-electron chi connectivity index (χ2n) is 8.80. The van der Waals surface area contributed by atoms with E-state index in [0.29, 0.717) is 5.56 Å². The molecule has 3 aromatic carbocycles. The number of anilines is 1. The topological polar surface area (TPSA) is 66.7 Å². The van der Waals surface area contributed by atoms with E-state index in [9.17, 15) is 9.59 Å². The fraction of sp³-hybridized carbons (Fsp3) is 0.179. The van der Waals surface area contributed by atoms with Crippen molar-refractivity contribution in [3.05, 3.63) is 94.3 Å². The number of hydrazone groups is 1. The van der Waals surface area contributed by atoms with E-state index in [-0.39, 0.29) is 18.4 Å². The average molecular weight is 451 g/mol.